The molecular formula is C14H11F3N4O. The Morgan fingerprint density at radius 3 is 2.68 bits per heavy atom. The number of para-hydroxylation sites is 1. The second-order valence-corrected chi connectivity index (χ2v) is 4.64. The Hall–Kier alpha value is -2.64. The normalized spacial score (nSPS) is 12.0. The van der Waals surface area contributed by atoms with Gasteiger partial charge in [0.05, 0.1) is 17.6 Å². The number of aryl methyl sites for hydroxylation is 1. The summed E-state index contributed by atoms with van der Waals surface area (Å²) in [7, 11) is 0. The summed E-state index contributed by atoms with van der Waals surface area (Å²) in [5.41, 5.74) is -1.44. The molecule has 1 N–H and O–H groups in total. The van der Waals surface area contributed by atoms with Crippen LogP contribution in [0.5, 0.6) is 0 Å². The number of hydrogen-bond donors (Lipinski definition) is 1. The van der Waals surface area contributed by atoms with Crippen LogP contribution in [0.3, 0.4) is 0 Å². The van der Waals surface area contributed by atoms with Crippen molar-refractivity contribution < 1.29 is 13.2 Å². The van der Waals surface area contributed by atoms with Crippen LogP contribution in [0.25, 0.3) is 16.9 Å². The lowest BCUT2D eigenvalue weighted by molar-refractivity contribution is -0.137. The van der Waals surface area contributed by atoms with Crippen molar-refractivity contribution in [1.29, 1.82) is 0 Å². The van der Waals surface area contributed by atoms with Gasteiger partial charge < -0.3 is 4.98 Å². The van der Waals surface area contributed by atoms with E-state index in [1.54, 1.807) is 6.92 Å². The molecule has 0 saturated heterocycles. The number of alkyl halides is 3. The number of imidazole rings is 1. The van der Waals surface area contributed by atoms with Crippen molar-refractivity contribution in [3.05, 3.63) is 52.3 Å². The Labute approximate surface area is 122 Å². The Balaban J connectivity index is 2.41. The van der Waals surface area contributed by atoms with E-state index in [2.05, 4.69) is 15.0 Å². The van der Waals surface area contributed by atoms with Gasteiger partial charge in [0.25, 0.3) is 5.56 Å². The maximum absolute atomic E-state index is 13.2. The standard InChI is InChI=1S/C14H11F3N4O/c1-2-10-20-12-11(18-7-19-12)13(22)21(10)9-6-4-3-5-8(9)14(15,16)17/h3-7H,2H2,1H3,(H,18,19). The van der Waals surface area contributed by atoms with Gasteiger partial charge in [-0.1, -0.05) is 19.1 Å². The monoisotopic (exact) mass is 308 g/mol. The summed E-state index contributed by atoms with van der Waals surface area (Å²) in [4.78, 5) is 23.2. The third-order valence-electron chi connectivity index (χ3n) is 3.30. The number of H-pyrrole nitrogens is 1. The van der Waals surface area contributed by atoms with Crippen LogP contribution in [0.1, 0.15) is 18.3 Å². The molecule has 0 aliphatic rings. The average molecular weight is 308 g/mol. The van der Waals surface area contributed by atoms with Gasteiger partial charge in [-0.15, -0.1) is 0 Å². The van der Waals surface area contributed by atoms with Gasteiger partial charge in [-0.25, -0.2) is 9.97 Å². The summed E-state index contributed by atoms with van der Waals surface area (Å²) >= 11 is 0. The molecule has 1 aromatic carbocycles. The molecule has 0 spiro atoms. The van der Waals surface area contributed by atoms with Crippen LogP contribution in [-0.4, -0.2) is 19.5 Å². The first-order valence-corrected chi connectivity index (χ1v) is 6.55. The van der Waals surface area contributed by atoms with Gasteiger partial charge in [0.2, 0.25) is 0 Å². The van der Waals surface area contributed by atoms with E-state index in [0.29, 0.717) is 6.42 Å². The summed E-state index contributed by atoms with van der Waals surface area (Å²) in [6.07, 6.45) is -2.98. The number of benzene rings is 1. The number of aromatic nitrogens is 4. The van der Waals surface area contributed by atoms with Gasteiger partial charge in [-0.2, -0.15) is 13.2 Å². The highest BCUT2D eigenvalue weighted by Crippen LogP contribution is 2.33. The van der Waals surface area contributed by atoms with Crippen molar-refractivity contribution in [2.45, 2.75) is 19.5 Å². The molecule has 2 aromatic heterocycles. The summed E-state index contributed by atoms with van der Waals surface area (Å²) in [6.45, 7) is 1.72. The molecule has 3 aromatic rings. The molecule has 0 saturated carbocycles. The summed E-state index contributed by atoms with van der Waals surface area (Å²) in [5, 5.41) is 0. The van der Waals surface area contributed by atoms with Crippen molar-refractivity contribution in [3.63, 3.8) is 0 Å². The van der Waals surface area contributed by atoms with E-state index in [0.717, 1.165) is 10.6 Å². The fourth-order valence-electron chi connectivity index (χ4n) is 2.32. The first-order chi connectivity index (χ1) is 10.4. The van der Waals surface area contributed by atoms with Gasteiger partial charge in [-0.05, 0) is 12.1 Å². The minimum absolute atomic E-state index is 0.0779. The van der Waals surface area contributed by atoms with Gasteiger partial charge in [0.15, 0.2) is 11.2 Å². The van der Waals surface area contributed by atoms with Crippen molar-refractivity contribution in [1.82, 2.24) is 19.5 Å². The predicted molar refractivity (Wildman–Crippen MR) is 73.9 cm³/mol. The second kappa shape index (κ2) is 4.97. The number of nitrogens with zero attached hydrogens (tertiary/aromatic N) is 3. The molecular weight excluding hydrogens is 297 g/mol. The lowest BCUT2D eigenvalue weighted by Gasteiger charge is -2.16. The van der Waals surface area contributed by atoms with E-state index in [1.165, 1.54) is 24.5 Å². The predicted octanol–water partition coefficient (Wildman–Crippen LogP) is 2.69. The maximum atomic E-state index is 13.2. The lowest BCUT2D eigenvalue weighted by atomic mass is 10.1. The largest absolute Gasteiger partial charge is 0.418 e. The van der Waals surface area contributed by atoms with E-state index < -0.39 is 17.3 Å². The van der Waals surface area contributed by atoms with Crippen molar-refractivity contribution >= 4 is 11.2 Å². The van der Waals surface area contributed by atoms with Crippen LogP contribution in [-0.2, 0) is 12.6 Å². The number of nitrogens with one attached hydrogen (secondary N) is 1. The molecule has 2 heterocycles. The summed E-state index contributed by atoms with van der Waals surface area (Å²) < 4.78 is 40.6. The van der Waals surface area contributed by atoms with Gasteiger partial charge in [-0.3, -0.25) is 9.36 Å². The second-order valence-electron chi connectivity index (χ2n) is 4.64. The topological polar surface area (TPSA) is 63.6 Å². The molecule has 3 rings (SSSR count). The first kappa shape index (κ1) is 14.3. The zero-order chi connectivity index (χ0) is 15.9. The zero-order valence-corrected chi connectivity index (χ0v) is 11.5. The van der Waals surface area contributed by atoms with E-state index in [-0.39, 0.29) is 22.7 Å². The smallest absolute Gasteiger partial charge is 0.339 e. The fraction of sp³-hybridized carbons (Fsp3) is 0.214. The Morgan fingerprint density at radius 1 is 1.27 bits per heavy atom. The zero-order valence-electron chi connectivity index (χ0n) is 11.5. The van der Waals surface area contributed by atoms with Gasteiger partial charge >= 0.3 is 6.18 Å². The number of halogens is 3. The average Bonchev–Trinajstić information content (AvgIpc) is 2.95. The van der Waals surface area contributed by atoms with Crippen molar-refractivity contribution in [3.8, 4) is 5.69 Å². The molecule has 0 aliphatic heterocycles. The number of aromatic amines is 1. The highest BCUT2D eigenvalue weighted by molar-refractivity contribution is 5.69. The van der Waals surface area contributed by atoms with Crippen LogP contribution >= 0.6 is 0 Å². The molecule has 0 amide bonds. The molecule has 114 valence electrons. The van der Waals surface area contributed by atoms with E-state index in [9.17, 15) is 18.0 Å². The number of fused-ring (bicyclic) bond motifs is 1. The molecule has 22 heavy (non-hydrogen) atoms. The highest BCUT2D eigenvalue weighted by Gasteiger charge is 2.34. The van der Waals surface area contributed by atoms with E-state index in [4.69, 9.17) is 0 Å². The molecule has 0 unspecified atom stereocenters. The van der Waals surface area contributed by atoms with E-state index >= 15 is 0 Å². The Bertz CT molecular complexity index is 895. The minimum atomic E-state index is -4.57. The molecule has 0 radical (unpaired) electrons. The molecule has 5 nitrogen and oxygen atoms in total. The Kier molecular flexibility index (Phi) is 3.23. The third kappa shape index (κ3) is 2.16. The molecule has 8 heteroatoms. The molecule has 0 aliphatic carbocycles. The van der Waals surface area contributed by atoms with Gasteiger partial charge in [0.1, 0.15) is 5.82 Å². The fourth-order valence-corrected chi connectivity index (χ4v) is 2.32. The van der Waals surface area contributed by atoms with Crippen LogP contribution in [0.15, 0.2) is 35.4 Å². The number of hydrogen-bond acceptors (Lipinski definition) is 3. The maximum Gasteiger partial charge on any atom is 0.418 e. The molecule has 0 bridgehead atoms. The minimum Gasteiger partial charge on any atom is -0.339 e. The van der Waals surface area contributed by atoms with Gasteiger partial charge in [0, 0.05) is 6.42 Å². The lowest BCUT2D eigenvalue weighted by Crippen LogP contribution is -2.26. The quantitative estimate of drug-likeness (QED) is 0.791. The summed E-state index contributed by atoms with van der Waals surface area (Å²) in [5.74, 6) is 0.223. The summed E-state index contributed by atoms with van der Waals surface area (Å²) in [6, 6.07) is 4.93. The van der Waals surface area contributed by atoms with Crippen molar-refractivity contribution in [2.75, 3.05) is 0 Å². The SMILES string of the molecule is CCc1nc2nc[nH]c2c(=O)n1-c1ccccc1C(F)(F)F. The van der Waals surface area contributed by atoms with Crippen LogP contribution in [0, 0.1) is 0 Å². The van der Waals surface area contributed by atoms with Crippen LogP contribution < -0.4 is 5.56 Å². The van der Waals surface area contributed by atoms with Crippen LogP contribution in [0.2, 0.25) is 0 Å². The Morgan fingerprint density at radius 2 is 2.00 bits per heavy atom. The third-order valence-corrected chi connectivity index (χ3v) is 3.30. The molecule has 0 atom stereocenters. The number of rotatable bonds is 2. The molecule has 0 fully saturated rings. The van der Waals surface area contributed by atoms with Crippen LogP contribution in [0.4, 0.5) is 13.2 Å². The van der Waals surface area contributed by atoms with Crippen molar-refractivity contribution in [2.24, 2.45) is 0 Å². The highest BCUT2D eigenvalue weighted by atomic mass is 19.4. The van der Waals surface area contributed by atoms with E-state index in [1.807, 2.05) is 0 Å². The first-order valence-electron chi connectivity index (χ1n) is 6.55.